The average Bonchev–Trinajstić information content (AvgIpc) is 3.19. The minimum absolute atomic E-state index is 0.0273. The van der Waals surface area contributed by atoms with Crippen molar-refractivity contribution in [2.75, 3.05) is 19.7 Å². The van der Waals surface area contributed by atoms with Crippen LogP contribution >= 0.6 is 0 Å². The zero-order valence-electron chi connectivity index (χ0n) is 15.9. The minimum atomic E-state index is -2.96. The molecule has 156 valence electrons. The van der Waals surface area contributed by atoms with E-state index in [1.165, 1.54) is 18.2 Å². The number of alkyl halides is 2. The average molecular weight is 407 g/mol. The maximum absolute atomic E-state index is 12.7. The topological polar surface area (TPSA) is 90.8 Å². The number of hydrogen-bond donors (Lipinski definition) is 1. The SMILES string of the molecule is NCc1oc(-c2ccc(OC(F)F)c(OCC3CC3)c2)nc1C(=O)N1CCCC1. The fourth-order valence-electron chi connectivity index (χ4n) is 3.29. The second kappa shape index (κ2) is 8.36. The highest BCUT2D eigenvalue weighted by Gasteiger charge is 2.27. The van der Waals surface area contributed by atoms with Gasteiger partial charge < -0.3 is 24.5 Å². The minimum Gasteiger partial charge on any atom is -0.489 e. The van der Waals surface area contributed by atoms with Gasteiger partial charge in [-0.15, -0.1) is 0 Å². The predicted octanol–water partition coefficient (Wildman–Crippen LogP) is 3.43. The first kappa shape index (κ1) is 19.6. The molecule has 2 aromatic rings. The molecule has 1 saturated carbocycles. The summed E-state index contributed by atoms with van der Waals surface area (Å²) in [5.74, 6) is 0.852. The predicted molar refractivity (Wildman–Crippen MR) is 99.8 cm³/mol. The Morgan fingerprint density at radius 1 is 1.28 bits per heavy atom. The van der Waals surface area contributed by atoms with E-state index in [2.05, 4.69) is 9.72 Å². The lowest BCUT2D eigenvalue weighted by atomic mass is 10.2. The van der Waals surface area contributed by atoms with Gasteiger partial charge in [0, 0.05) is 18.7 Å². The quantitative estimate of drug-likeness (QED) is 0.721. The lowest BCUT2D eigenvalue weighted by molar-refractivity contribution is -0.0515. The summed E-state index contributed by atoms with van der Waals surface area (Å²) in [6.07, 6.45) is 4.04. The summed E-state index contributed by atoms with van der Waals surface area (Å²) in [6, 6.07) is 4.46. The van der Waals surface area contributed by atoms with Crippen molar-refractivity contribution in [1.82, 2.24) is 9.88 Å². The molecule has 0 bridgehead atoms. The molecule has 1 saturated heterocycles. The zero-order chi connectivity index (χ0) is 20.4. The van der Waals surface area contributed by atoms with Crippen LogP contribution < -0.4 is 15.2 Å². The number of nitrogens with zero attached hydrogens (tertiary/aromatic N) is 2. The summed E-state index contributed by atoms with van der Waals surface area (Å²) in [5.41, 5.74) is 6.43. The molecule has 29 heavy (non-hydrogen) atoms. The van der Waals surface area contributed by atoms with Crippen LogP contribution in [0.3, 0.4) is 0 Å². The number of halogens is 2. The highest BCUT2D eigenvalue weighted by Crippen LogP contribution is 2.36. The summed E-state index contributed by atoms with van der Waals surface area (Å²) in [4.78, 5) is 18.8. The molecule has 0 atom stereocenters. The van der Waals surface area contributed by atoms with E-state index in [1.54, 1.807) is 4.90 Å². The van der Waals surface area contributed by atoms with E-state index >= 15 is 0 Å². The number of carbonyl (C=O) groups is 1. The van der Waals surface area contributed by atoms with Gasteiger partial charge >= 0.3 is 6.61 Å². The molecule has 9 heteroatoms. The molecule has 1 aliphatic carbocycles. The van der Waals surface area contributed by atoms with Crippen LogP contribution in [0.5, 0.6) is 11.5 Å². The molecule has 4 rings (SSSR count). The fourth-order valence-corrected chi connectivity index (χ4v) is 3.29. The molecule has 2 aliphatic rings. The van der Waals surface area contributed by atoms with E-state index in [0.29, 0.717) is 36.9 Å². The molecule has 1 aliphatic heterocycles. The number of oxazole rings is 1. The third-order valence-corrected chi connectivity index (χ3v) is 5.06. The van der Waals surface area contributed by atoms with Gasteiger partial charge in [-0.25, -0.2) is 4.98 Å². The third-order valence-electron chi connectivity index (χ3n) is 5.06. The van der Waals surface area contributed by atoms with Crippen LogP contribution in [0.2, 0.25) is 0 Å². The number of carbonyl (C=O) groups excluding carboxylic acids is 1. The van der Waals surface area contributed by atoms with Crippen LogP contribution in [0.4, 0.5) is 8.78 Å². The Balaban J connectivity index is 1.62. The van der Waals surface area contributed by atoms with E-state index in [-0.39, 0.29) is 35.5 Å². The Hall–Kier alpha value is -2.68. The number of nitrogens with two attached hydrogens (primary N) is 1. The van der Waals surface area contributed by atoms with Crippen LogP contribution in [0, 0.1) is 5.92 Å². The molecule has 1 aromatic heterocycles. The summed E-state index contributed by atoms with van der Waals surface area (Å²) < 4.78 is 41.4. The maximum atomic E-state index is 12.7. The lowest BCUT2D eigenvalue weighted by Gasteiger charge is -2.13. The molecule has 2 N–H and O–H groups in total. The standard InChI is InChI=1S/C20H23F2N3O4/c21-20(22)29-14-6-5-13(9-15(14)27-11-12-3-4-12)18-24-17(16(10-23)28-18)19(26)25-7-1-2-8-25/h5-6,9,12,20H,1-4,7-8,10-11,23H2. The van der Waals surface area contributed by atoms with Crippen LogP contribution in [0.15, 0.2) is 22.6 Å². The monoisotopic (exact) mass is 407 g/mol. The number of benzene rings is 1. The second-order valence-electron chi connectivity index (χ2n) is 7.29. The Morgan fingerprint density at radius 3 is 2.69 bits per heavy atom. The molecule has 0 radical (unpaired) electrons. The van der Waals surface area contributed by atoms with Crippen molar-refractivity contribution < 1.29 is 27.5 Å². The van der Waals surface area contributed by atoms with Crippen molar-refractivity contribution in [3.05, 3.63) is 29.7 Å². The molecule has 7 nitrogen and oxygen atoms in total. The smallest absolute Gasteiger partial charge is 0.387 e. The largest absolute Gasteiger partial charge is 0.489 e. The van der Waals surface area contributed by atoms with Crippen LogP contribution in [0.25, 0.3) is 11.5 Å². The molecule has 0 unspecified atom stereocenters. The van der Waals surface area contributed by atoms with E-state index in [1.807, 2.05) is 0 Å². The lowest BCUT2D eigenvalue weighted by Crippen LogP contribution is -2.29. The van der Waals surface area contributed by atoms with Crippen molar-refractivity contribution in [2.45, 2.75) is 38.8 Å². The summed E-state index contributed by atoms with van der Waals surface area (Å²) in [5, 5.41) is 0. The van der Waals surface area contributed by atoms with Crippen molar-refractivity contribution >= 4 is 5.91 Å². The van der Waals surface area contributed by atoms with Crippen molar-refractivity contribution in [1.29, 1.82) is 0 Å². The summed E-state index contributed by atoms with van der Waals surface area (Å²) >= 11 is 0. The highest BCUT2D eigenvalue weighted by molar-refractivity contribution is 5.94. The Morgan fingerprint density at radius 2 is 2.03 bits per heavy atom. The molecule has 2 fully saturated rings. The van der Waals surface area contributed by atoms with Gasteiger partial charge in [-0.05, 0) is 49.8 Å². The zero-order valence-corrected chi connectivity index (χ0v) is 15.9. The van der Waals surface area contributed by atoms with Gasteiger partial charge in [-0.3, -0.25) is 4.79 Å². The molecular formula is C20H23F2N3O4. The number of ether oxygens (including phenoxy) is 2. The van der Waals surface area contributed by atoms with Gasteiger partial charge in [0.25, 0.3) is 5.91 Å². The van der Waals surface area contributed by atoms with E-state index in [0.717, 1.165) is 25.7 Å². The summed E-state index contributed by atoms with van der Waals surface area (Å²) in [6.45, 7) is -1.13. The van der Waals surface area contributed by atoms with E-state index < -0.39 is 6.61 Å². The molecule has 1 amide bonds. The maximum Gasteiger partial charge on any atom is 0.387 e. The van der Waals surface area contributed by atoms with E-state index in [4.69, 9.17) is 14.9 Å². The summed E-state index contributed by atoms with van der Waals surface area (Å²) in [7, 11) is 0. The van der Waals surface area contributed by atoms with Crippen LogP contribution in [-0.4, -0.2) is 42.1 Å². The Labute approximate surface area is 166 Å². The van der Waals surface area contributed by atoms with Gasteiger partial charge in [-0.2, -0.15) is 8.78 Å². The Bertz CT molecular complexity index is 877. The van der Waals surface area contributed by atoms with Gasteiger partial charge in [0.05, 0.1) is 13.2 Å². The van der Waals surface area contributed by atoms with Crippen molar-refractivity contribution in [2.24, 2.45) is 11.7 Å². The number of rotatable bonds is 8. The Kier molecular flexibility index (Phi) is 5.66. The van der Waals surface area contributed by atoms with Crippen molar-refractivity contribution in [3.63, 3.8) is 0 Å². The number of likely N-dealkylation sites (tertiary alicyclic amines) is 1. The van der Waals surface area contributed by atoms with Gasteiger partial charge in [-0.1, -0.05) is 0 Å². The highest BCUT2D eigenvalue weighted by atomic mass is 19.3. The molecule has 2 heterocycles. The number of aromatic nitrogens is 1. The number of hydrogen-bond acceptors (Lipinski definition) is 6. The molecule has 0 spiro atoms. The molecular weight excluding hydrogens is 384 g/mol. The first-order valence-electron chi connectivity index (χ1n) is 9.76. The van der Waals surface area contributed by atoms with Gasteiger partial charge in [0.1, 0.15) is 0 Å². The van der Waals surface area contributed by atoms with Crippen LogP contribution in [-0.2, 0) is 6.54 Å². The first-order valence-corrected chi connectivity index (χ1v) is 9.76. The van der Waals surface area contributed by atoms with Crippen LogP contribution in [0.1, 0.15) is 41.9 Å². The van der Waals surface area contributed by atoms with Crippen molar-refractivity contribution in [3.8, 4) is 23.0 Å². The normalized spacial score (nSPS) is 16.5. The third kappa shape index (κ3) is 4.50. The van der Waals surface area contributed by atoms with Gasteiger partial charge in [0.15, 0.2) is 23.0 Å². The fraction of sp³-hybridized carbons (Fsp3) is 0.500. The first-order chi connectivity index (χ1) is 14.0. The number of amides is 1. The van der Waals surface area contributed by atoms with Gasteiger partial charge in [0.2, 0.25) is 5.89 Å². The van der Waals surface area contributed by atoms with E-state index in [9.17, 15) is 13.6 Å². The molecule has 1 aromatic carbocycles. The second-order valence-corrected chi connectivity index (χ2v) is 7.29.